The minimum atomic E-state index is -0.188. The SMILES string of the molecule is CCOc1ccc(C#N)c(OC)c1C(=O)N1CC(c2ccc(C3CCOCC3)cn2)C1. The first-order valence-electron chi connectivity index (χ1n) is 10.7. The topological polar surface area (TPSA) is 84.7 Å². The Hall–Kier alpha value is -3.11. The number of amides is 1. The molecule has 0 unspecified atom stereocenters. The molecule has 2 saturated heterocycles. The second-order valence-electron chi connectivity index (χ2n) is 7.87. The van der Waals surface area contributed by atoms with E-state index in [9.17, 15) is 10.1 Å². The van der Waals surface area contributed by atoms with Crippen LogP contribution < -0.4 is 9.47 Å². The number of carbonyl (C=O) groups excluding carboxylic acids is 1. The van der Waals surface area contributed by atoms with Crippen molar-refractivity contribution >= 4 is 5.91 Å². The number of nitrogens with zero attached hydrogens (tertiary/aromatic N) is 3. The van der Waals surface area contributed by atoms with Crippen molar-refractivity contribution in [2.24, 2.45) is 0 Å². The Kier molecular flexibility index (Phi) is 6.38. The number of likely N-dealkylation sites (tertiary alicyclic amines) is 1. The number of methoxy groups -OCH3 is 1. The lowest BCUT2D eigenvalue weighted by molar-refractivity contribution is 0.0591. The molecule has 1 amide bonds. The van der Waals surface area contributed by atoms with Crippen molar-refractivity contribution in [3.8, 4) is 17.6 Å². The molecule has 0 saturated carbocycles. The highest BCUT2D eigenvalue weighted by Crippen LogP contribution is 2.36. The van der Waals surface area contributed by atoms with Crippen molar-refractivity contribution in [3.05, 3.63) is 52.8 Å². The highest BCUT2D eigenvalue weighted by atomic mass is 16.5. The van der Waals surface area contributed by atoms with Gasteiger partial charge in [-0.2, -0.15) is 5.26 Å². The van der Waals surface area contributed by atoms with E-state index in [1.54, 1.807) is 17.0 Å². The summed E-state index contributed by atoms with van der Waals surface area (Å²) in [6.07, 6.45) is 4.05. The van der Waals surface area contributed by atoms with Gasteiger partial charge in [0.05, 0.1) is 19.3 Å². The van der Waals surface area contributed by atoms with E-state index in [4.69, 9.17) is 14.2 Å². The normalized spacial score (nSPS) is 17.0. The molecule has 1 aromatic carbocycles. The minimum absolute atomic E-state index is 0.188. The quantitative estimate of drug-likeness (QED) is 0.710. The van der Waals surface area contributed by atoms with Gasteiger partial charge in [-0.3, -0.25) is 9.78 Å². The Morgan fingerprint density at radius 2 is 2.00 bits per heavy atom. The second-order valence-corrected chi connectivity index (χ2v) is 7.87. The van der Waals surface area contributed by atoms with Crippen molar-refractivity contribution in [2.45, 2.75) is 31.6 Å². The molecule has 162 valence electrons. The van der Waals surface area contributed by atoms with Crippen molar-refractivity contribution in [1.82, 2.24) is 9.88 Å². The lowest BCUT2D eigenvalue weighted by Gasteiger charge is -2.39. The molecule has 1 aromatic heterocycles. The smallest absolute Gasteiger partial charge is 0.261 e. The van der Waals surface area contributed by atoms with Gasteiger partial charge in [-0.25, -0.2) is 0 Å². The molecule has 7 heteroatoms. The molecule has 2 aliphatic rings. The van der Waals surface area contributed by atoms with E-state index in [1.165, 1.54) is 12.7 Å². The Labute approximate surface area is 182 Å². The van der Waals surface area contributed by atoms with Crippen LogP contribution in [0.5, 0.6) is 11.5 Å². The third kappa shape index (κ3) is 4.21. The number of ether oxygens (including phenoxy) is 3. The highest BCUT2D eigenvalue weighted by Gasteiger charge is 2.36. The predicted molar refractivity (Wildman–Crippen MR) is 115 cm³/mol. The molecular weight excluding hydrogens is 394 g/mol. The molecule has 7 nitrogen and oxygen atoms in total. The van der Waals surface area contributed by atoms with E-state index in [1.807, 2.05) is 13.1 Å². The summed E-state index contributed by atoms with van der Waals surface area (Å²) in [5.74, 6) is 1.24. The Morgan fingerprint density at radius 1 is 1.23 bits per heavy atom. The van der Waals surface area contributed by atoms with Crippen molar-refractivity contribution in [2.75, 3.05) is 40.0 Å². The summed E-state index contributed by atoms with van der Waals surface area (Å²) in [5.41, 5.74) is 2.89. The van der Waals surface area contributed by atoms with Gasteiger partial charge in [0.15, 0.2) is 5.75 Å². The number of hydrogen-bond acceptors (Lipinski definition) is 6. The van der Waals surface area contributed by atoms with Crippen LogP contribution in [-0.4, -0.2) is 55.8 Å². The van der Waals surface area contributed by atoms with Gasteiger partial charge in [0, 0.05) is 44.1 Å². The number of hydrogen-bond donors (Lipinski definition) is 0. The van der Waals surface area contributed by atoms with Gasteiger partial charge in [0.1, 0.15) is 17.4 Å². The molecule has 2 aromatic rings. The maximum atomic E-state index is 13.2. The van der Waals surface area contributed by atoms with Gasteiger partial charge >= 0.3 is 0 Å². The van der Waals surface area contributed by atoms with Crippen LogP contribution >= 0.6 is 0 Å². The van der Waals surface area contributed by atoms with E-state index < -0.39 is 0 Å². The summed E-state index contributed by atoms with van der Waals surface area (Å²) in [5, 5.41) is 9.38. The highest BCUT2D eigenvalue weighted by molar-refractivity contribution is 6.01. The van der Waals surface area contributed by atoms with Gasteiger partial charge in [-0.1, -0.05) is 6.07 Å². The van der Waals surface area contributed by atoms with Gasteiger partial charge in [-0.15, -0.1) is 0 Å². The molecular formula is C24H27N3O4. The first-order chi connectivity index (χ1) is 15.2. The van der Waals surface area contributed by atoms with Crippen LogP contribution in [0.3, 0.4) is 0 Å². The van der Waals surface area contributed by atoms with Gasteiger partial charge in [0.25, 0.3) is 5.91 Å². The van der Waals surface area contributed by atoms with Crippen LogP contribution in [0.1, 0.15) is 58.8 Å². The number of rotatable bonds is 6. The largest absolute Gasteiger partial charge is 0.494 e. The molecule has 0 atom stereocenters. The Morgan fingerprint density at radius 3 is 2.61 bits per heavy atom. The third-order valence-corrected chi connectivity index (χ3v) is 6.05. The van der Waals surface area contributed by atoms with Crippen molar-refractivity contribution in [1.29, 1.82) is 5.26 Å². The number of aromatic nitrogens is 1. The predicted octanol–water partition coefficient (Wildman–Crippen LogP) is 3.49. The molecule has 3 heterocycles. The van der Waals surface area contributed by atoms with Crippen molar-refractivity contribution in [3.63, 3.8) is 0 Å². The maximum Gasteiger partial charge on any atom is 0.261 e. The molecule has 2 fully saturated rings. The standard InChI is InChI=1S/C24H27N3O4/c1-3-31-21-7-5-17(12-25)23(29-2)22(21)24(28)27-14-19(15-27)20-6-4-18(13-26-20)16-8-10-30-11-9-16/h4-7,13,16,19H,3,8-11,14-15H2,1-2H3. The maximum absolute atomic E-state index is 13.2. The average Bonchev–Trinajstić information content (AvgIpc) is 2.78. The van der Waals surface area contributed by atoms with Crippen LogP contribution in [-0.2, 0) is 4.74 Å². The fourth-order valence-corrected chi connectivity index (χ4v) is 4.26. The van der Waals surface area contributed by atoms with E-state index in [0.717, 1.165) is 31.7 Å². The van der Waals surface area contributed by atoms with Crippen LogP contribution in [0.15, 0.2) is 30.5 Å². The molecule has 4 rings (SSSR count). The van der Waals surface area contributed by atoms with Crippen molar-refractivity contribution < 1.29 is 19.0 Å². The van der Waals surface area contributed by atoms with Crippen LogP contribution in [0.2, 0.25) is 0 Å². The lowest BCUT2D eigenvalue weighted by Crippen LogP contribution is -2.48. The summed E-state index contributed by atoms with van der Waals surface area (Å²) in [7, 11) is 1.46. The van der Waals surface area contributed by atoms with E-state index >= 15 is 0 Å². The summed E-state index contributed by atoms with van der Waals surface area (Å²) >= 11 is 0. The van der Waals surface area contributed by atoms with E-state index in [-0.39, 0.29) is 17.6 Å². The zero-order valence-electron chi connectivity index (χ0n) is 18.0. The average molecular weight is 421 g/mol. The van der Waals surface area contributed by atoms with Crippen LogP contribution in [0, 0.1) is 11.3 Å². The van der Waals surface area contributed by atoms with E-state index in [0.29, 0.717) is 42.5 Å². The zero-order valence-corrected chi connectivity index (χ0v) is 18.0. The number of benzene rings is 1. The minimum Gasteiger partial charge on any atom is -0.494 e. The van der Waals surface area contributed by atoms with Gasteiger partial charge in [0.2, 0.25) is 0 Å². The molecule has 0 radical (unpaired) electrons. The molecule has 2 aliphatic heterocycles. The molecule has 31 heavy (non-hydrogen) atoms. The molecule has 0 spiro atoms. The molecule has 0 aliphatic carbocycles. The van der Waals surface area contributed by atoms with Gasteiger partial charge in [-0.05, 0) is 49.4 Å². The first-order valence-corrected chi connectivity index (χ1v) is 10.7. The number of nitriles is 1. The van der Waals surface area contributed by atoms with E-state index in [2.05, 4.69) is 23.2 Å². The fraction of sp³-hybridized carbons (Fsp3) is 0.458. The lowest BCUT2D eigenvalue weighted by atomic mass is 9.90. The first kappa shape index (κ1) is 21.1. The van der Waals surface area contributed by atoms with Crippen LogP contribution in [0.25, 0.3) is 0 Å². The summed E-state index contributed by atoms with van der Waals surface area (Å²) in [6, 6.07) is 9.60. The Bertz CT molecular complexity index is 972. The van der Waals surface area contributed by atoms with Gasteiger partial charge < -0.3 is 19.1 Å². The fourth-order valence-electron chi connectivity index (χ4n) is 4.26. The van der Waals surface area contributed by atoms with Crippen LogP contribution in [0.4, 0.5) is 0 Å². The Balaban J connectivity index is 1.46. The molecule has 0 N–H and O–H groups in total. The summed E-state index contributed by atoms with van der Waals surface area (Å²) < 4.78 is 16.5. The zero-order chi connectivity index (χ0) is 21.8. The number of carbonyl (C=O) groups is 1. The second kappa shape index (κ2) is 9.36. The molecule has 0 bridgehead atoms. The summed E-state index contributed by atoms with van der Waals surface area (Å²) in [4.78, 5) is 19.7. The third-order valence-electron chi connectivity index (χ3n) is 6.05. The monoisotopic (exact) mass is 421 g/mol. The number of pyridine rings is 1. The summed E-state index contributed by atoms with van der Waals surface area (Å²) in [6.45, 7) is 5.05.